The molecular weight excluding hydrogens is 637 g/mol. The Kier molecular flexibility index (Phi) is 8.03. The van der Waals surface area contributed by atoms with Gasteiger partial charge in [-0.05, 0) is 83.6 Å². The van der Waals surface area contributed by atoms with E-state index in [4.69, 9.17) is 0 Å². The molecule has 0 aliphatic carbocycles. The summed E-state index contributed by atoms with van der Waals surface area (Å²) in [7, 11) is -2.40. The standard InChI is InChI=1S/C43H40N2O4Si/c1-50(2)39-24-37-30(15-9-19-44(37)26-28-11-5-3-6-12-28)21-35(39)41(34-23-32(42(46)47)17-18-33(34)43(48)49)36-22-31-16-10-20-45(38(31)25-40(36)50)27-29-13-7-4-8-14-29/h3-8,11-14,17-18,21-25H,9-10,15-16,19-20,26-27H2,1-2H3,(H-,46,47,48,49). The van der Waals surface area contributed by atoms with Crippen molar-refractivity contribution in [3.05, 3.63) is 159 Å². The maximum absolute atomic E-state index is 12.7. The van der Waals surface area contributed by atoms with Crippen LogP contribution in [-0.4, -0.2) is 38.2 Å². The van der Waals surface area contributed by atoms with Crippen LogP contribution in [0.1, 0.15) is 72.5 Å². The molecule has 0 unspecified atom stereocenters. The predicted molar refractivity (Wildman–Crippen MR) is 200 cm³/mol. The zero-order chi connectivity index (χ0) is 34.6. The normalized spacial score (nSPS) is 15.8. The Bertz CT molecular complexity index is 2020. The summed E-state index contributed by atoms with van der Waals surface area (Å²) in [5.74, 6) is -1.60. The number of aryl methyl sites for hydroxylation is 2. The predicted octanol–water partition coefficient (Wildman–Crippen LogP) is 5.81. The van der Waals surface area contributed by atoms with Crippen LogP contribution in [0.15, 0.2) is 103 Å². The molecule has 0 saturated heterocycles. The van der Waals surface area contributed by atoms with E-state index in [1.807, 2.05) is 12.1 Å². The van der Waals surface area contributed by atoms with E-state index in [2.05, 4.69) is 95.7 Å². The second-order valence-electron chi connectivity index (χ2n) is 14.4. The lowest BCUT2D eigenvalue weighted by molar-refractivity contribution is -0.255. The molecule has 7 heteroatoms. The summed E-state index contributed by atoms with van der Waals surface area (Å²) in [5.41, 5.74) is 10.0. The van der Waals surface area contributed by atoms with Gasteiger partial charge in [0.15, 0.2) is 8.07 Å². The number of nitrogens with zero attached hydrogens (tertiary/aromatic N) is 2. The molecule has 0 saturated carbocycles. The van der Waals surface area contributed by atoms with Crippen molar-refractivity contribution < 1.29 is 19.8 Å². The van der Waals surface area contributed by atoms with Gasteiger partial charge in [0.2, 0.25) is 0 Å². The summed E-state index contributed by atoms with van der Waals surface area (Å²) >= 11 is 0. The first-order valence-electron chi connectivity index (χ1n) is 17.6. The first-order valence-corrected chi connectivity index (χ1v) is 20.6. The Balaban J connectivity index is 1.35. The zero-order valence-corrected chi connectivity index (χ0v) is 29.5. The van der Waals surface area contributed by atoms with Crippen LogP contribution in [0.2, 0.25) is 13.1 Å². The molecule has 0 amide bonds. The highest BCUT2D eigenvalue weighted by Crippen LogP contribution is 2.43. The van der Waals surface area contributed by atoms with E-state index in [9.17, 15) is 19.8 Å². The van der Waals surface area contributed by atoms with Crippen molar-refractivity contribution in [2.24, 2.45) is 0 Å². The van der Waals surface area contributed by atoms with Crippen molar-refractivity contribution in [3.8, 4) is 0 Å². The fraction of sp³-hybridized carbons (Fsp3) is 0.233. The highest BCUT2D eigenvalue weighted by molar-refractivity contribution is 7.01. The number of carbonyl (C=O) groups excluding carboxylic acids is 1. The van der Waals surface area contributed by atoms with Gasteiger partial charge in [-0.3, -0.25) is 0 Å². The van der Waals surface area contributed by atoms with Gasteiger partial charge >= 0.3 is 5.97 Å². The second kappa shape index (κ2) is 12.6. The smallest absolute Gasteiger partial charge is 0.341 e. The quantitative estimate of drug-likeness (QED) is 0.173. The minimum Gasteiger partial charge on any atom is -0.538 e. The summed E-state index contributed by atoms with van der Waals surface area (Å²) in [5, 5.41) is 25.3. The van der Waals surface area contributed by atoms with Gasteiger partial charge in [-0.2, -0.15) is 0 Å². The number of hydrogen-bond donors (Lipinski definition) is 1. The van der Waals surface area contributed by atoms with E-state index in [0.29, 0.717) is 5.56 Å². The number of hydrogen-bond acceptors (Lipinski definition) is 5. The Labute approximate surface area is 294 Å². The molecular formula is C43H40N2O4Si. The van der Waals surface area contributed by atoms with Crippen molar-refractivity contribution in [1.82, 2.24) is 0 Å². The number of carbonyl (C=O) groups is 2. The van der Waals surface area contributed by atoms with Gasteiger partial charge < -0.3 is 24.8 Å². The molecule has 5 aromatic rings. The molecule has 3 aliphatic heterocycles. The maximum Gasteiger partial charge on any atom is 0.341 e. The van der Waals surface area contributed by atoms with Crippen LogP contribution in [0.5, 0.6) is 0 Å². The molecule has 3 aliphatic rings. The fourth-order valence-electron chi connectivity index (χ4n) is 8.44. The Morgan fingerprint density at radius 1 is 0.700 bits per heavy atom. The van der Waals surface area contributed by atoms with Gasteiger partial charge in [-0.1, -0.05) is 73.8 Å². The first kappa shape index (κ1) is 32.0. The average molecular weight is 677 g/mol. The van der Waals surface area contributed by atoms with Gasteiger partial charge in [-0.15, -0.1) is 0 Å². The van der Waals surface area contributed by atoms with Crippen LogP contribution < -0.4 is 25.3 Å². The van der Waals surface area contributed by atoms with Crippen LogP contribution in [0, 0.1) is 5.92 Å². The third-order valence-electron chi connectivity index (χ3n) is 10.9. The Morgan fingerprint density at radius 2 is 1.20 bits per heavy atom. The van der Waals surface area contributed by atoms with E-state index in [1.165, 1.54) is 56.1 Å². The van der Waals surface area contributed by atoms with Crippen molar-refractivity contribution in [2.75, 3.05) is 22.9 Å². The fourth-order valence-corrected chi connectivity index (χ4v) is 11.5. The minimum absolute atomic E-state index is 0.00937. The van der Waals surface area contributed by atoms with Crippen molar-refractivity contribution >= 4 is 41.8 Å². The molecule has 50 heavy (non-hydrogen) atoms. The molecule has 0 aromatic heterocycles. The third-order valence-corrected chi connectivity index (χ3v) is 14.5. The minimum atomic E-state index is -2.40. The van der Waals surface area contributed by atoms with Gasteiger partial charge in [-0.25, -0.2) is 4.79 Å². The molecule has 6 nitrogen and oxygen atoms in total. The topological polar surface area (TPSA) is 83.9 Å². The van der Waals surface area contributed by atoms with Gasteiger partial charge in [0.1, 0.15) is 0 Å². The number of carboxylic acid groups (broad SMARTS) is 2. The number of carboxylic acids is 2. The van der Waals surface area contributed by atoms with E-state index < -0.39 is 20.0 Å². The van der Waals surface area contributed by atoms with Gasteiger partial charge in [0.05, 0.1) is 45.5 Å². The summed E-state index contributed by atoms with van der Waals surface area (Å²) in [6, 6.07) is 34.8. The van der Waals surface area contributed by atoms with Crippen molar-refractivity contribution in [2.45, 2.75) is 51.9 Å². The summed E-state index contributed by atoms with van der Waals surface area (Å²) in [6.07, 6.45) is 3.90. The van der Waals surface area contributed by atoms with E-state index >= 15 is 0 Å². The van der Waals surface area contributed by atoms with E-state index in [1.54, 1.807) is 6.07 Å². The molecule has 0 atom stereocenters. The molecule has 0 radical (unpaired) electrons. The number of benzene rings is 5. The maximum atomic E-state index is 12.7. The summed E-state index contributed by atoms with van der Waals surface area (Å²) < 4.78 is 0. The number of rotatable bonds is 7. The van der Waals surface area contributed by atoms with Crippen LogP contribution in [-0.2, 0) is 25.9 Å². The van der Waals surface area contributed by atoms with Crippen LogP contribution >= 0.6 is 0 Å². The van der Waals surface area contributed by atoms with E-state index in [0.717, 1.165) is 68.9 Å². The van der Waals surface area contributed by atoms with Gasteiger partial charge in [0.25, 0.3) is 0 Å². The SMILES string of the molecule is C[Si]1(C)c2cc3c(cc2[C+](c2cc(C(=O)O)ccc2C(=O)[O-])c2cc4c(cc21)N(Cc1ccccc1)CCC4)CCCN3Cc1ccccc1. The largest absolute Gasteiger partial charge is 0.538 e. The number of fused-ring (bicyclic) bond motifs is 4. The molecule has 3 heterocycles. The van der Waals surface area contributed by atoms with Crippen LogP contribution in [0.25, 0.3) is 0 Å². The number of anilines is 2. The lowest BCUT2D eigenvalue weighted by atomic mass is 9.79. The lowest BCUT2D eigenvalue weighted by Gasteiger charge is -2.39. The monoisotopic (exact) mass is 676 g/mol. The van der Waals surface area contributed by atoms with E-state index in [-0.39, 0.29) is 11.1 Å². The molecule has 250 valence electrons. The average Bonchev–Trinajstić information content (AvgIpc) is 3.12. The first-order chi connectivity index (χ1) is 24.2. The zero-order valence-electron chi connectivity index (χ0n) is 28.5. The number of aromatic carboxylic acids is 2. The van der Waals surface area contributed by atoms with Gasteiger partial charge in [0, 0.05) is 48.9 Å². The Morgan fingerprint density at radius 3 is 1.66 bits per heavy atom. The molecule has 1 N–H and O–H groups in total. The molecule has 0 fully saturated rings. The Hall–Kier alpha value is -5.27. The van der Waals surface area contributed by atoms with Crippen LogP contribution in [0.3, 0.4) is 0 Å². The molecule has 5 aromatic carbocycles. The highest BCUT2D eigenvalue weighted by atomic mass is 28.3. The molecule has 8 rings (SSSR count). The van der Waals surface area contributed by atoms with Crippen molar-refractivity contribution in [1.29, 1.82) is 0 Å². The van der Waals surface area contributed by atoms with Crippen LogP contribution in [0.4, 0.5) is 11.4 Å². The lowest BCUT2D eigenvalue weighted by Crippen LogP contribution is -2.60. The third kappa shape index (κ3) is 5.55. The summed E-state index contributed by atoms with van der Waals surface area (Å²) in [4.78, 5) is 30.0. The molecule has 0 bridgehead atoms. The van der Waals surface area contributed by atoms with Crippen molar-refractivity contribution in [3.63, 3.8) is 0 Å². The molecule has 0 spiro atoms. The summed E-state index contributed by atoms with van der Waals surface area (Å²) in [6.45, 7) is 8.38. The highest BCUT2D eigenvalue weighted by Gasteiger charge is 2.47. The second-order valence-corrected chi connectivity index (χ2v) is 18.8.